The van der Waals surface area contributed by atoms with Crippen molar-refractivity contribution in [3.63, 3.8) is 0 Å². The summed E-state index contributed by atoms with van der Waals surface area (Å²) in [7, 11) is 0. The molecular weight excluding hydrogens is 264 g/mol. The molecule has 110 valence electrons. The summed E-state index contributed by atoms with van der Waals surface area (Å²) in [6.45, 7) is 2.27. The summed E-state index contributed by atoms with van der Waals surface area (Å²) in [4.78, 5) is 12.3. The summed E-state index contributed by atoms with van der Waals surface area (Å²) >= 11 is 0. The van der Waals surface area contributed by atoms with Crippen LogP contribution in [0.4, 0.5) is 5.69 Å². The molecule has 0 aromatic heterocycles. The third-order valence-corrected chi connectivity index (χ3v) is 4.05. The van der Waals surface area contributed by atoms with Crippen molar-refractivity contribution < 1.29 is 9.53 Å². The molecule has 1 aliphatic rings. The van der Waals surface area contributed by atoms with Gasteiger partial charge in [-0.3, -0.25) is 4.79 Å². The summed E-state index contributed by atoms with van der Waals surface area (Å²) in [5.74, 6) is 0.411. The number of hydrogen-bond donors (Lipinski definition) is 2. The van der Waals surface area contributed by atoms with Crippen LogP contribution in [0.15, 0.2) is 36.4 Å². The molecule has 0 radical (unpaired) electrons. The third kappa shape index (κ3) is 3.16. The molecule has 21 heavy (non-hydrogen) atoms. The van der Waals surface area contributed by atoms with E-state index in [0.717, 1.165) is 36.8 Å². The fourth-order valence-corrected chi connectivity index (χ4v) is 2.74. The molecular formula is C17H20N2O2. The zero-order valence-corrected chi connectivity index (χ0v) is 12.0. The predicted molar refractivity (Wildman–Crippen MR) is 84.2 cm³/mol. The van der Waals surface area contributed by atoms with E-state index in [0.29, 0.717) is 23.7 Å². The minimum Gasteiger partial charge on any atom is -0.398 e. The molecule has 0 bridgehead atoms. The Morgan fingerprint density at radius 3 is 2.57 bits per heavy atom. The maximum atomic E-state index is 12.3. The van der Waals surface area contributed by atoms with Gasteiger partial charge in [0.25, 0.3) is 5.91 Å². The quantitative estimate of drug-likeness (QED) is 0.851. The maximum absolute atomic E-state index is 12.3. The Kier molecular flexibility index (Phi) is 4.06. The molecule has 1 heterocycles. The van der Waals surface area contributed by atoms with Crippen LogP contribution in [-0.2, 0) is 4.74 Å². The van der Waals surface area contributed by atoms with E-state index in [1.165, 1.54) is 0 Å². The highest BCUT2D eigenvalue weighted by atomic mass is 16.5. The van der Waals surface area contributed by atoms with E-state index < -0.39 is 0 Å². The topological polar surface area (TPSA) is 64.4 Å². The lowest BCUT2D eigenvalue weighted by molar-refractivity contribution is 0.0643. The lowest BCUT2D eigenvalue weighted by Gasteiger charge is -2.22. The largest absolute Gasteiger partial charge is 0.398 e. The Morgan fingerprint density at radius 2 is 1.86 bits per heavy atom. The van der Waals surface area contributed by atoms with E-state index in [9.17, 15) is 4.79 Å². The number of nitrogens with one attached hydrogen (secondary N) is 1. The van der Waals surface area contributed by atoms with Gasteiger partial charge in [-0.1, -0.05) is 24.3 Å². The highest BCUT2D eigenvalue weighted by molar-refractivity contribution is 6.03. The fourth-order valence-electron chi connectivity index (χ4n) is 2.74. The van der Waals surface area contributed by atoms with E-state index in [-0.39, 0.29) is 5.91 Å². The zero-order valence-electron chi connectivity index (χ0n) is 12.0. The molecule has 2 aromatic carbocycles. The molecule has 2 aromatic rings. The Labute approximate surface area is 124 Å². The van der Waals surface area contributed by atoms with Crippen molar-refractivity contribution in [1.29, 1.82) is 0 Å². The summed E-state index contributed by atoms with van der Waals surface area (Å²) in [5.41, 5.74) is 7.10. The van der Waals surface area contributed by atoms with Crippen LogP contribution in [0.2, 0.25) is 0 Å². The molecule has 1 saturated heterocycles. The molecule has 0 atom stereocenters. The SMILES string of the molecule is Nc1cc2ccccc2cc1C(=O)NCC1CCOCC1. The number of nitrogen functional groups attached to an aromatic ring is 1. The van der Waals surface area contributed by atoms with E-state index in [4.69, 9.17) is 10.5 Å². The number of carbonyl (C=O) groups excluding carboxylic acids is 1. The minimum atomic E-state index is -0.0928. The zero-order chi connectivity index (χ0) is 14.7. The van der Waals surface area contributed by atoms with Crippen molar-refractivity contribution in [2.75, 3.05) is 25.5 Å². The molecule has 0 aliphatic carbocycles. The van der Waals surface area contributed by atoms with E-state index in [1.54, 1.807) is 0 Å². The van der Waals surface area contributed by atoms with Crippen molar-refractivity contribution in [1.82, 2.24) is 5.32 Å². The standard InChI is InChI=1S/C17H20N2O2/c18-16-10-14-4-2-1-3-13(14)9-15(16)17(20)19-11-12-5-7-21-8-6-12/h1-4,9-10,12H,5-8,11,18H2,(H,19,20). The number of amides is 1. The summed E-state index contributed by atoms with van der Waals surface area (Å²) in [5, 5.41) is 5.08. The number of benzene rings is 2. The molecule has 3 N–H and O–H groups in total. The second-order valence-electron chi connectivity index (χ2n) is 5.55. The highest BCUT2D eigenvalue weighted by Crippen LogP contribution is 2.22. The van der Waals surface area contributed by atoms with Crippen molar-refractivity contribution >= 4 is 22.4 Å². The average molecular weight is 284 g/mol. The molecule has 1 fully saturated rings. The number of ether oxygens (including phenoxy) is 1. The first-order valence-corrected chi connectivity index (χ1v) is 7.38. The Balaban J connectivity index is 1.73. The van der Waals surface area contributed by atoms with Gasteiger partial charge in [0.05, 0.1) is 5.56 Å². The van der Waals surface area contributed by atoms with Crippen molar-refractivity contribution in [2.45, 2.75) is 12.8 Å². The summed E-state index contributed by atoms with van der Waals surface area (Å²) < 4.78 is 5.33. The van der Waals surface area contributed by atoms with Gasteiger partial charge >= 0.3 is 0 Å². The molecule has 0 spiro atoms. The Hall–Kier alpha value is -2.07. The van der Waals surface area contributed by atoms with Gasteiger partial charge in [0.1, 0.15) is 0 Å². The lowest BCUT2D eigenvalue weighted by atomic mass is 10.00. The maximum Gasteiger partial charge on any atom is 0.253 e. The van der Waals surface area contributed by atoms with Crippen LogP contribution in [0.25, 0.3) is 10.8 Å². The van der Waals surface area contributed by atoms with Gasteiger partial charge in [-0.2, -0.15) is 0 Å². The normalized spacial score (nSPS) is 16.0. The second kappa shape index (κ2) is 6.14. The van der Waals surface area contributed by atoms with Gasteiger partial charge in [0, 0.05) is 25.4 Å². The molecule has 0 saturated carbocycles. The van der Waals surface area contributed by atoms with Crippen molar-refractivity contribution in [3.05, 3.63) is 42.0 Å². The number of fused-ring (bicyclic) bond motifs is 1. The highest BCUT2D eigenvalue weighted by Gasteiger charge is 2.16. The number of nitrogens with two attached hydrogens (primary N) is 1. The first-order valence-electron chi connectivity index (χ1n) is 7.38. The second-order valence-corrected chi connectivity index (χ2v) is 5.55. The van der Waals surface area contributed by atoms with Crippen LogP contribution in [0.3, 0.4) is 0 Å². The van der Waals surface area contributed by atoms with Crippen LogP contribution in [0, 0.1) is 5.92 Å². The van der Waals surface area contributed by atoms with E-state index in [1.807, 2.05) is 36.4 Å². The number of anilines is 1. The molecule has 0 unspecified atom stereocenters. The average Bonchev–Trinajstić information content (AvgIpc) is 2.53. The monoisotopic (exact) mass is 284 g/mol. The van der Waals surface area contributed by atoms with Crippen LogP contribution >= 0.6 is 0 Å². The molecule has 3 rings (SSSR count). The van der Waals surface area contributed by atoms with Crippen molar-refractivity contribution in [2.24, 2.45) is 5.92 Å². The number of carbonyl (C=O) groups is 1. The fraction of sp³-hybridized carbons (Fsp3) is 0.353. The Bertz CT molecular complexity index is 648. The van der Waals surface area contributed by atoms with Gasteiger partial charge in [0.15, 0.2) is 0 Å². The third-order valence-electron chi connectivity index (χ3n) is 4.05. The molecule has 1 amide bonds. The van der Waals surface area contributed by atoms with Gasteiger partial charge < -0.3 is 15.8 Å². The van der Waals surface area contributed by atoms with Gasteiger partial charge in [-0.05, 0) is 41.7 Å². The molecule has 1 aliphatic heterocycles. The molecule has 4 heteroatoms. The minimum absolute atomic E-state index is 0.0928. The van der Waals surface area contributed by atoms with Crippen LogP contribution in [-0.4, -0.2) is 25.7 Å². The van der Waals surface area contributed by atoms with E-state index >= 15 is 0 Å². The Morgan fingerprint density at radius 1 is 1.19 bits per heavy atom. The summed E-state index contributed by atoms with van der Waals surface area (Å²) in [6, 6.07) is 11.6. The molecule has 4 nitrogen and oxygen atoms in total. The van der Waals surface area contributed by atoms with E-state index in [2.05, 4.69) is 5.32 Å². The van der Waals surface area contributed by atoms with Gasteiger partial charge in [-0.25, -0.2) is 0 Å². The number of rotatable bonds is 3. The van der Waals surface area contributed by atoms with Crippen LogP contribution in [0.1, 0.15) is 23.2 Å². The van der Waals surface area contributed by atoms with Gasteiger partial charge in [0.2, 0.25) is 0 Å². The smallest absolute Gasteiger partial charge is 0.253 e. The van der Waals surface area contributed by atoms with Crippen LogP contribution in [0.5, 0.6) is 0 Å². The lowest BCUT2D eigenvalue weighted by Crippen LogP contribution is -2.32. The first-order chi connectivity index (χ1) is 10.2. The predicted octanol–water partition coefficient (Wildman–Crippen LogP) is 2.58. The van der Waals surface area contributed by atoms with Crippen LogP contribution < -0.4 is 11.1 Å². The summed E-state index contributed by atoms with van der Waals surface area (Å²) in [6.07, 6.45) is 2.01. The first kappa shape index (κ1) is 13.9. The van der Waals surface area contributed by atoms with Crippen molar-refractivity contribution in [3.8, 4) is 0 Å². The van der Waals surface area contributed by atoms with Gasteiger partial charge in [-0.15, -0.1) is 0 Å². The number of hydrogen-bond acceptors (Lipinski definition) is 3.